The minimum Gasteiger partial charge on any atom is -0.771 e. The summed E-state index contributed by atoms with van der Waals surface area (Å²) in [6.45, 7) is 0. The van der Waals surface area contributed by atoms with E-state index in [0.29, 0.717) is 5.75 Å². The van der Waals surface area contributed by atoms with E-state index < -0.39 is 11.1 Å². The van der Waals surface area contributed by atoms with Crippen molar-refractivity contribution in [2.45, 2.75) is 5.75 Å². The van der Waals surface area contributed by atoms with E-state index in [9.17, 15) is 8.76 Å². The number of anilines is 1. The molecule has 0 saturated heterocycles. The zero-order chi connectivity index (χ0) is 13.0. The Morgan fingerprint density at radius 1 is 1.39 bits per heavy atom. The summed E-state index contributed by atoms with van der Waals surface area (Å²) in [5.74, 6) is 0.576. The van der Waals surface area contributed by atoms with E-state index >= 15 is 0 Å². The van der Waals surface area contributed by atoms with E-state index in [1.807, 2.05) is 24.3 Å². The highest BCUT2D eigenvalue weighted by Gasteiger charge is 2.06. The van der Waals surface area contributed by atoms with Crippen LogP contribution in [0.1, 0.15) is 4.88 Å². The third-order valence-corrected chi connectivity index (χ3v) is 4.08. The highest BCUT2D eigenvalue weighted by Crippen LogP contribution is 2.27. The standard InChI is InChI=1S/C11H12N2O2S3/c14-18(15)7-13-9-3-1-8(2-4-9)11-10(5-16)17-6-12-11/h1-4,6,13,16H,5,7H2,(H,14,15)/p-1. The van der Waals surface area contributed by atoms with E-state index in [2.05, 4.69) is 22.9 Å². The quantitative estimate of drug-likeness (QED) is 0.657. The van der Waals surface area contributed by atoms with Gasteiger partial charge in [-0.15, -0.1) is 11.3 Å². The molecule has 4 nitrogen and oxygen atoms in total. The molecule has 0 aliphatic rings. The van der Waals surface area contributed by atoms with Crippen molar-refractivity contribution in [3.8, 4) is 11.3 Å². The highest BCUT2D eigenvalue weighted by atomic mass is 32.2. The van der Waals surface area contributed by atoms with E-state index in [0.717, 1.165) is 21.8 Å². The molecule has 96 valence electrons. The Morgan fingerprint density at radius 2 is 2.11 bits per heavy atom. The van der Waals surface area contributed by atoms with Crippen molar-refractivity contribution in [1.29, 1.82) is 0 Å². The summed E-state index contributed by atoms with van der Waals surface area (Å²) in [6.07, 6.45) is 0. The van der Waals surface area contributed by atoms with Crippen LogP contribution in [0.25, 0.3) is 11.3 Å². The van der Waals surface area contributed by atoms with Gasteiger partial charge in [-0.05, 0) is 23.2 Å². The summed E-state index contributed by atoms with van der Waals surface area (Å²) in [6, 6.07) is 7.50. The van der Waals surface area contributed by atoms with E-state index in [1.165, 1.54) is 0 Å². The molecule has 1 aromatic carbocycles. The zero-order valence-corrected chi connectivity index (χ0v) is 11.9. The number of hydrogen-bond acceptors (Lipinski definition) is 6. The first-order valence-corrected chi connectivity index (χ1v) is 7.89. The molecule has 1 N–H and O–H groups in total. The molecule has 0 bridgehead atoms. The van der Waals surface area contributed by atoms with Gasteiger partial charge in [0, 0.05) is 21.9 Å². The van der Waals surface area contributed by atoms with Crippen LogP contribution >= 0.6 is 24.0 Å². The second-order valence-electron chi connectivity index (χ2n) is 3.48. The van der Waals surface area contributed by atoms with Gasteiger partial charge in [0.1, 0.15) is 0 Å². The molecule has 1 unspecified atom stereocenters. The Kier molecular flexibility index (Phi) is 4.76. The van der Waals surface area contributed by atoms with Gasteiger partial charge in [-0.2, -0.15) is 12.6 Å². The highest BCUT2D eigenvalue weighted by molar-refractivity contribution is 7.79. The van der Waals surface area contributed by atoms with Crippen molar-refractivity contribution in [2.75, 3.05) is 11.2 Å². The number of hydrogen-bond donors (Lipinski definition) is 2. The van der Waals surface area contributed by atoms with Crippen LogP contribution < -0.4 is 5.32 Å². The number of nitrogens with zero attached hydrogens (tertiary/aromatic N) is 1. The third kappa shape index (κ3) is 3.32. The van der Waals surface area contributed by atoms with Crippen molar-refractivity contribution in [1.82, 2.24) is 4.98 Å². The molecule has 0 spiro atoms. The summed E-state index contributed by atoms with van der Waals surface area (Å²) in [5, 5.41) is 2.80. The van der Waals surface area contributed by atoms with Crippen LogP contribution in [0.15, 0.2) is 29.8 Å². The third-order valence-electron chi connectivity index (χ3n) is 2.34. The molecule has 0 radical (unpaired) electrons. The van der Waals surface area contributed by atoms with Gasteiger partial charge < -0.3 is 9.87 Å². The Bertz CT molecular complexity index is 539. The summed E-state index contributed by atoms with van der Waals surface area (Å²) in [5.41, 5.74) is 4.52. The van der Waals surface area contributed by atoms with Gasteiger partial charge in [0.15, 0.2) is 0 Å². The number of benzene rings is 1. The Morgan fingerprint density at radius 3 is 2.72 bits per heavy atom. The maximum absolute atomic E-state index is 10.4. The molecule has 2 aromatic rings. The summed E-state index contributed by atoms with van der Waals surface area (Å²) >= 11 is 3.75. The van der Waals surface area contributed by atoms with Crippen LogP contribution in [0.2, 0.25) is 0 Å². The molecule has 18 heavy (non-hydrogen) atoms. The Hall–Kier alpha value is -0.890. The molecule has 0 amide bonds. The molecule has 0 aliphatic heterocycles. The largest absolute Gasteiger partial charge is 0.771 e. The number of thiazole rings is 1. The van der Waals surface area contributed by atoms with Crippen LogP contribution in [0.4, 0.5) is 5.69 Å². The molecule has 2 rings (SSSR count). The minimum absolute atomic E-state index is 0.0854. The minimum atomic E-state index is -2.09. The summed E-state index contributed by atoms with van der Waals surface area (Å²) < 4.78 is 20.9. The lowest BCUT2D eigenvalue weighted by Gasteiger charge is -2.09. The molecule has 1 heterocycles. The van der Waals surface area contributed by atoms with Crippen molar-refractivity contribution in [3.05, 3.63) is 34.7 Å². The predicted octanol–water partition coefficient (Wildman–Crippen LogP) is 2.49. The second kappa shape index (κ2) is 6.33. The van der Waals surface area contributed by atoms with Gasteiger partial charge in [0.2, 0.25) is 0 Å². The molecule has 0 aliphatic carbocycles. The van der Waals surface area contributed by atoms with Crippen LogP contribution in [0.3, 0.4) is 0 Å². The first kappa shape index (κ1) is 13.5. The van der Waals surface area contributed by atoms with Gasteiger partial charge in [-0.25, -0.2) is 4.98 Å². The number of rotatable bonds is 5. The molecular weight excluding hydrogens is 288 g/mol. The average Bonchev–Trinajstić information content (AvgIpc) is 2.85. The van der Waals surface area contributed by atoms with Gasteiger partial charge >= 0.3 is 0 Å². The molecular formula is C11H11N2O2S3-. The monoisotopic (exact) mass is 299 g/mol. The summed E-state index contributed by atoms with van der Waals surface area (Å²) in [7, 11) is 0. The molecule has 1 atom stereocenters. The lowest BCUT2D eigenvalue weighted by molar-refractivity contribution is 0.539. The fraction of sp³-hybridized carbons (Fsp3) is 0.182. The number of aromatic nitrogens is 1. The second-order valence-corrected chi connectivity index (χ2v) is 5.64. The lowest BCUT2D eigenvalue weighted by Crippen LogP contribution is -2.06. The van der Waals surface area contributed by atoms with Crippen molar-refractivity contribution in [3.63, 3.8) is 0 Å². The summed E-state index contributed by atoms with van der Waals surface area (Å²) in [4.78, 5) is 5.44. The SMILES string of the molecule is O=S([O-])CNc1ccc(-c2ncsc2CS)cc1. The van der Waals surface area contributed by atoms with Gasteiger partial charge in [-0.1, -0.05) is 12.1 Å². The lowest BCUT2D eigenvalue weighted by atomic mass is 10.1. The number of thiol groups is 1. The van der Waals surface area contributed by atoms with Gasteiger partial charge in [0.05, 0.1) is 17.1 Å². The normalized spacial score (nSPS) is 12.3. The average molecular weight is 299 g/mol. The fourth-order valence-corrected chi connectivity index (χ4v) is 2.81. The molecule has 1 aromatic heterocycles. The van der Waals surface area contributed by atoms with Crippen LogP contribution in [0.5, 0.6) is 0 Å². The topological polar surface area (TPSA) is 65.0 Å². The van der Waals surface area contributed by atoms with Crippen molar-refractivity contribution >= 4 is 40.7 Å². The smallest absolute Gasteiger partial charge is 0.0851 e. The number of nitrogens with one attached hydrogen (secondary N) is 1. The van der Waals surface area contributed by atoms with Crippen LogP contribution in [-0.2, 0) is 16.8 Å². The molecule has 7 heteroatoms. The van der Waals surface area contributed by atoms with Crippen LogP contribution in [0, 0.1) is 0 Å². The maximum Gasteiger partial charge on any atom is 0.0851 e. The first-order chi connectivity index (χ1) is 8.70. The predicted molar refractivity (Wildman–Crippen MR) is 77.6 cm³/mol. The molecule has 0 saturated carbocycles. The Balaban J connectivity index is 2.14. The van der Waals surface area contributed by atoms with Crippen molar-refractivity contribution < 1.29 is 8.76 Å². The van der Waals surface area contributed by atoms with Gasteiger partial charge in [-0.3, -0.25) is 4.21 Å². The maximum atomic E-state index is 10.4. The Labute approximate surface area is 117 Å². The van der Waals surface area contributed by atoms with E-state index in [1.54, 1.807) is 16.8 Å². The zero-order valence-electron chi connectivity index (χ0n) is 9.33. The van der Waals surface area contributed by atoms with Crippen molar-refractivity contribution in [2.24, 2.45) is 0 Å². The molecule has 0 fully saturated rings. The fourth-order valence-electron chi connectivity index (χ4n) is 1.51. The van der Waals surface area contributed by atoms with Crippen LogP contribution in [-0.4, -0.2) is 19.6 Å². The van der Waals surface area contributed by atoms with E-state index in [-0.39, 0.29) is 5.88 Å². The van der Waals surface area contributed by atoms with E-state index in [4.69, 9.17) is 0 Å². The van der Waals surface area contributed by atoms with Gasteiger partial charge in [0.25, 0.3) is 0 Å². The first-order valence-electron chi connectivity index (χ1n) is 5.14.